The molecule has 2 bridgehead atoms. The Morgan fingerprint density at radius 3 is 1.98 bits per heavy atom. The van der Waals surface area contributed by atoms with E-state index in [-0.39, 0.29) is 44.8 Å². The predicted octanol–water partition coefficient (Wildman–Crippen LogP) is 0.629. The lowest BCUT2D eigenvalue weighted by molar-refractivity contribution is -0.374. The van der Waals surface area contributed by atoms with Crippen molar-refractivity contribution < 1.29 is 84.2 Å². The molecule has 0 aromatic carbocycles. The van der Waals surface area contributed by atoms with Crippen LogP contribution in [0.25, 0.3) is 0 Å². The van der Waals surface area contributed by atoms with Crippen LogP contribution in [0.3, 0.4) is 0 Å². The third-order valence-electron chi connectivity index (χ3n) is 19.9. The zero-order chi connectivity index (χ0) is 47.2. The Hall–Kier alpha value is -0.940. The quantitative estimate of drug-likeness (QED) is 0.118. The largest absolute Gasteiger partial charge is 0.394 e. The van der Waals surface area contributed by atoms with Gasteiger partial charge in [-0.25, -0.2) is 0 Å². The van der Waals surface area contributed by atoms with Gasteiger partial charge < -0.3 is 84.2 Å². The zero-order valence-corrected chi connectivity index (χ0v) is 39.3. The van der Waals surface area contributed by atoms with Crippen molar-refractivity contribution in [2.75, 3.05) is 19.8 Å². The van der Waals surface area contributed by atoms with E-state index in [4.69, 9.17) is 33.2 Å². The third-order valence-corrected chi connectivity index (χ3v) is 19.9. The third kappa shape index (κ3) is 7.09. The molecule has 9 rings (SSSR count). The molecular formula is C48H78O17. The number of ether oxygens (including phenoxy) is 7. The Balaban J connectivity index is 0.958. The second-order valence-electron chi connectivity index (χ2n) is 24.0. The van der Waals surface area contributed by atoms with E-state index in [1.807, 2.05) is 0 Å². The van der Waals surface area contributed by atoms with E-state index in [0.29, 0.717) is 19.4 Å². The Morgan fingerprint density at radius 2 is 1.28 bits per heavy atom. The summed E-state index contributed by atoms with van der Waals surface area (Å²) in [6.45, 7) is 17.2. The summed E-state index contributed by atoms with van der Waals surface area (Å²) in [5, 5.41) is 109. The molecule has 0 aromatic heterocycles. The maximum atomic E-state index is 12.2. The first kappa shape index (κ1) is 49.1. The number of aliphatic hydroxyl groups excluding tert-OH is 10. The van der Waals surface area contributed by atoms with Gasteiger partial charge in [-0.15, -0.1) is 0 Å². The first-order valence-electron chi connectivity index (χ1n) is 24.3. The summed E-state index contributed by atoms with van der Waals surface area (Å²) < 4.78 is 43.5. The van der Waals surface area contributed by atoms with Crippen LogP contribution in [-0.2, 0) is 33.2 Å². The van der Waals surface area contributed by atoms with Crippen LogP contribution in [0.15, 0.2) is 12.2 Å². The average Bonchev–Trinajstić information content (AvgIpc) is 3.52. The lowest BCUT2D eigenvalue weighted by Gasteiger charge is -2.73. The van der Waals surface area contributed by atoms with E-state index in [1.165, 1.54) is 6.92 Å². The van der Waals surface area contributed by atoms with Gasteiger partial charge in [0.05, 0.1) is 43.7 Å². The lowest BCUT2D eigenvalue weighted by atomic mass is 9.32. The number of rotatable bonds is 8. The molecular weight excluding hydrogens is 849 g/mol. The van der Waals surface area contributed by atoms with Gasteiger partial charge in [-0.05, 0) is 91.8 Å². The summed E-state index contributed by atoms with van der Waals surface area (Å²) in [7, 11) is 0. The SMILES string of the molecule is C[C@@H]1O[C@@H](O[C@H]2[C@H](O)[C@@H](O)[C@H](O[C@H]3CC[C@]4(C)C5C=C[C@]67OC[C@@]8(CCC(C)(C)C[C@H]86)[C@@H](O)C[C@@]7(C)[C@]5(C)CC[C@H]4C3(C)C)O[C@@H]2CO[C@@H]2O[C@H](CO)[C@@H](O)[C@H](O)[C@H]2O)[C@H](O)[C@H](O)[C@H]1O. The van der Waals surface area contributed by atoms with E-state index >= 15 is 0 Å². The smallest absolute Gasteiger partial charge is 0.187 e. The van der Waals surface area contributed by atoms with Gasteiger partial charge in [-0.2, -0.15) is 0 Å². The van der Waals surface area contributed by atoms with Crippen molar-refractivity contribution in [1.82, 2.24) is 0 Å². The van der Waals surface area contributed by atoms with E-state index in [9.17, 15) is 51.1 Å². The monoisotopic (exact) mass is 927 g/mol. The molecule has 17 heteroatoms. The fraction of sp³-hybridized carbons (Fsp3) is 0.958. The first-order chi connectivity index (χ1) is 30.3. The first-order valence-corrected chi connectivity index (χ1v) is 24.3. The standard InChI is InChI=1S/C48H78O17/c1-22-30(51)32(53)36(57)40(61-22)65-38-24(20-59-39-35(56)33(54)31(52)23(19-49)62-39)63-41(37(58)34(38)55)64-29-11-12-44(6)25(43(29,4)5)9-13-45(7)26(44)10-14-48-27-17-42(2,3)15-16-47(27,21-60-48)28(50)18-46(45,48)8/h10,14,22-41,49-58H,9,11-13,15-21H2,1-8H3/t22-,23+,24+,25-,26?,27+,28-,29-,30-,31+,32+,33-,34+,35+,36+,37+,38+,39+,40-,41-,44-,45+,46-,47+,48-/m0/s1. The Kier molecular flexibility index (Phi) is 12.5. The maximum Gasteiger partial charge on any atom is 0.187 e. The summed E-state index contributed by atoms with van der Waals surface area (Å²) in [5.74, 6) is 0.593. The van der Waals surface area contributed by atoms with Crippen molar-refractivity contribution in [3.63, 3.8) is 0 Å². The van der Waals surface area contributed by atoms with E-state index < -0.39 is 129 Å². The van der Waals surface area contributed by atoms with Crippen LogP contribution in [-0.4, -0.2) is 181 Å². The molecule has 8 fully saturated rings. The Bertz CT molecular complexity index is 1780. The molecule has 4 heterocycles. The van der Waals surface area contributed by atoms with Gasteiger partial charge in [0.15, 0.2) is 18.9 Å². The topological polar surface area (TPSA) is 267 Å². The number of allylic oxidation sites excluding steroid dienone is 1. The van der Waals surface area contributed by atoms with Crippen molar-refractivity contribution in [2.45, 2.75) is 217 Å². The van der Waals surface area contributed by atoms with Crippen LogP contribution in [0, 0.1) is 50.2 Å². The minimum atomic E-state index is -1.75. The molecule has 10 N–H and O–H groups in total. The summed E-state index contributed by atoms with van der Waals surface area (Å²) in [4.78, 5) is 0. The zero-order valence-electron chi connectivity index (χ0n) is 39.3. The minimum absolute atomic E-state index is 0.163. The molecule has 1 unspecified atom stereocenters. The van der Waals surface area contributed by atoms with Crippen molar-refractivity contribution >= 4 is 0 Å². The van der Waals surface area contributed by atoms with Gasteiger partial charge in [0.2, 0.25) is 0 Å². The molecule has 9 aliphatic rings. The number of hydrogen-bond acceptors (Lipinski definition) is 17. The number of hydrogen-bond donors (Lipinski definition) is 10. The molecule has 1 spiro atoms. The highest BCUT2D eigenvalue weighted by Gasteiger charge is 2.79. The van der Waals surface area contributed by atoms with E-state index in [1.54, 1.807) is 0 Å². The van der Waals surface area contributed by atoms with E-state index in [2.05, 4.69) is 60.6 Å². The van der Waals surface area contributed by atoms with Crippen LogP contribution in [0.5, 0.6) is 0 Å². The molecule has 25 atom stereocenters. The van der Waals surface area contributed by atoms with Crippen molar-refractivity contribution in [3.8, 4) is 0 Å². The second kappa shape index (κ2) is 16.6. The van der Waals surface area contributed by atoms with Crippen molar-refractivity contribution in [2.24, 2.45) is 50.2 Å². The van der Waals surface area contributed by atoms with Gasteiger partial charge >= 0.3 is 0 Å². The van der Waals surface area contributed by atoms with Crippen molar-refractivity contribution in [1.29, 1.82) is 0 Å². The molecule has 17 nitrogen and oxygen atoms in total. The summed E-state index contributed by atoms with van der Waals surface area (Å²) >= 11 is 0. The fourth-order valence-electron chi connectivity index (χ4n) is 15.7. The highest BCUT2D eigenvalue weighted by Crippen LogP contribution is 2.79. The van der Waals surface area contributed by atoms with Crippen molar-refractivity contribution in [3.05, 3.63) is 12.2 Å². The summed E-state index contributed by atoms with van der Waals surface area (Å²) in [6, 6.07) is 0. The Morgan fingerprint density at radius 1 is 0.631 bits per heavy atom. The highest BCUT2D eigenvalue weighted by molar-refractivity contribution is 5.36. The molecule has 4 saturated carbocycles. The van der Waals surface area contributed by atoms with Crippen LogP contribution in [0.1, 0.15) is 107 Å². The van der Waals surface area contributed by atoms with Gasteiger partial charge in [0.25, 0.3) is 0 Å². The van der Waals surface area contributed by atoms with Gasteiger partial charge in [-0.3, -0.25) is 0 Å². The lowest BCUT2D eigenvalue weighted by Crippen LogP contribution is -2.72. The Labute approximate surface area is 382 Å². The maximum absolute atomic E-state index is 12.2. The van der Waals surface area contributed by atoms with Gasteiger partial charge in [0, 0.05) is 16.7 Å². The fourth-order valence-corrected chi connectivity index (χ4v) is 15.7. The molecule has 372 valence electrons. The molecule has 65 heavy (non-hydrogen) atoms. The molecule has 0 amide bonds. The normalized spacial score (nSPS) is 58.0. The highest BCUT2D eigenvalue weighted by atomic mass is 16.8. The van der Waals surface area contributed by atoms with Crippen LogP contribution < -0.4 is 0 Å². The predicted molar refractivity (Wildman–Crippen MR) is 228 cm³/mol. The number of fused-ring (bicyclic) bond motifs is 4. The molecule has 4 saturated heterocycles. The minimum Gasteiger partial charge on any atom is -0.394 e. The molecule has 5 aliphatic carbocycles. The summed E-state index contributed by atoms with van der Waals surface area (Å²) in [5.41, 5.74) is -1.61. The van der Waals surface area contributed by atoms with Gasteiger partial charge in [0.1, 0.15) is 67.1 Å². The van der Waals surface area contributed by atoms with Crippen LogP contribution in [0.4, 0.5) is 0 Å². The molecule has 0 aromatic rings. The van der Waals surface area contributed by atoms with Gasteiger partial charge in [-0.1, -0.05) is 60.6 Å². The second-order valence-corrected chi connectivity index (χ2v) is 24.0. The average molecular weight is 927 g/mol. The summed E-state index contributed by atoms with van der Waals surface area (Å²) in [6.07, 6.45) is -12.0. The van der Waals surface area contributed by atoms with Crippen LogP contribution in [0.2, 0.25) is 0 Å². The van der Waals surface area contributed by atoms with E-state index in [0.717, 1.165) is 38.5 Å². The molecule has 0 radical (unpaired) electrons. The molecule has 4 aliphatic heterocycles. The van der Waals surface area contributed by atoms with Crippen LogP contribution >= 0.6 is 0 Å². The number of aliphatic hydroxyl groups is 10.